The molecule has 0 radical (unpaired) electrons. The maximum Gasteiger partial charge on any atom is 0.387 e. The van der Waals surface area contributed by atoms with Crippen LogP contribution in [0.1, 0.15) is 5.56 Å². The molecule has 0 aliphatic carbocycles. The van der Waals surface area contributed by atoms with Crippen molar-refractivity contribution in [2.45, 2.75) is 13.0 Å². The maximum atomic E-state index is 12.1. The summed E-state index contributed by atoms with van der Waals surface area (Å²) in [5, 5.41) is 2.80. The van der Waals surface area contributed by atoms with Crippen LogP contribution in [0.2, 0.25) is 0 Å². The van der Waals surface area contributed by atoms with E-state index in [0.717, 1.165) is 5.56 Å². The van der Waals surface area contributed by atoms with Crippen molar-refractivity contribution in [3.05, 3.63) is 29.8 Å². The van der Waals surface area contributed by atoms with Gasteiger partial charge in [0.25, 0.3) is 0 Å². The third-order valence-electron chi connectivity index (χ3n) is 4.05. The van der Waals surface area contributed by atoms with Crippen LogP contribution in [0.25, 0.3) is 0 Å². The fourth-order valence-corrected chi connectivity index (χ4v) is 3.49. The molecule has 10 heteroatoms. The molecule has 146 valence electrons. The minimum absolute atomic E-state index is 0.0982. The molecule has 0 atom stereocenters. The van der Waals surface area contributed by atoms with Gasteiger partial charge < -0.3 is 10.1 Å². The van der Waals surface area contributed by atoms with E-state index in [2.05, 4.69) is 10.1 Å². The van der Waals surface area contributed by atoms with Gasteiger partial charge in [-0.15, -0.1) is 0 Å². The summed E-state index contributed by atoms with van der Waals surface area (Å²) in [6.45, 7) is -0.383. The van der Waals surface area contributed by atoms with E-state index in [9.17, 15) is 22.0 Å². The molecule has 0 spiro atoms. The van der Waals surface area contributed by atoms with Crippen LogP contribution in [-0.2, 0) is 21.2 Å². The number of nitrogens with zero attached hydrogens (tertiary/aromatic N) is 2. The lowest BCUT2D eigenvalue weighted by Gasteiger charge is -2.32. The van der Waals surface area contributed by atoms with Crippen LogP contribution in [0.4, 0.5) is 8.78 Å². The molecule has 1 N–H and O–H groups in total. The Hall–Kier alpha value is -1.78. The minimum Gasteiger partial charge on any atom is -0.435 e. The second kappa shape index (κ2) is 9.24. The van der Waals surface area contributed by atoms with Crippen LogP contribution in [0.3, 0.4) is 0 Å². The van der Waals surface area contributed by atoms with Crippen LogP contribution >= 0.6 is 0 Å². The minimum atomic E-state index is -3.18. The van der Waals surface area contributed by atoms with Gasteiger partial charge in [0.05, 0.1) is 12.8 Å². The molecule has 1 heterocycles. The Bertz CT molecular complexity index is 690. The lowest BCUT2D eigenvalue weighted by molar-refractivity contribution is -0.122. The Morgan fingerprint density at radius 3 is 2.35 bits per heavy atom. The smallest absolute Gasteiger partial charge is 0.387 e. The number of alkyl halides is 2. The van der Waals surface area contributed by atoms with Crippen molar-refractivity contribution in [1.29, 1.82) is 0 Å². The Labute approximate surface area is 152 Å². The Balaban J connectivity index is 1.66. The van der Waals surface area contributed by atoms with E-state index in [1.165, 1.54) is 22.7 Å². The summed E-state index contributed by atoms with van der Waals surface area (Å²) in [7, 11) is -3.18. The van der Waals surface area contributed by atoms with Gasteiger partial charge >= 0.3 is 6.61 Å². The molecule has 1 amide bonds. The van der Waals surface area contributed by atoms with Crippen molar-refractivity contribution in [3.8, 4) is 5.75 Å². The first-order chi connectivity index (χ1) is 12.2. The number of hydrogen-bond acceptors (Lipinski definition) is 5. The first-order valence-electron chi connectivity index (χ1n) is 8.22. The van der Waals surface area contributed by atoms with Crippen LogP contribution < -0.4 is 10.1 Å². The molecule has 0 saturated carbocycles. The first-order valence-corrected chi connectivity index (χ1v) is 10.1. The molecular weight excluding hydrogens is 368 g/mol. The third kappa shape index (κ3) is 6.85. The molecule has 7 nitrogen and oxygen atoms in total. The summed E-state index contributed by atoms with van der Waals surface area (Å²) >= 11 is 0. The average molecular weight is 391 g/mol. The number of carbonyl (C=O) groups excluding carboxylic acids is 1. The number of nitrogens with one attached hydrogen (secondary N) is 1. The largest absolute Gasteiger partial charge is 0.435 e. The summed E-state index contributed by atoms with van der Waals surface area (Å²) in [6.07, 6.45) is 1.75. The molecule has 1 aliphatic heterocycles. The molecule has 1 fully saturated rings. The zero-order chi connectivity index (χ0) is 19.2. The summed E-state index contributed by atoms with van der Waals surface area (Å²) in [5.74, 6) is -0.0310. The standard InChI is InChI=1S/C16H23F2N3O4S/c1-26(23,24)21-10-8-20(9-11-21)12-15(22)19-7-6-13-2-4-14(5-3-13)25-16(17)18/h2-5,16H,6-12H2,1H3,(H,19,22). The maximum absolute atomic E-state index is 12.1. The van der Waals surface area contributed by atoms with Gasteiger partial charge in [-0.3, -0.25) is 9.69 Å². The van der Waals surface area contributed by atoms with E-state index in [1.807, 2.05) is 4.90 Å². The van der Waals surface area contributed by atoms with E-state index < -0.39 is 16.6 Å². The number of sulfonamides is 1. The fourth-order valence-electron chi connectivity index (χ4n) is 2.66. The third-order valence-corrected chi connectivity index (χ3v) is 5.36. The van der Waals surface area contributed by atoms with Crippen LogP contribution in [0.15, 0.2) is 24.3 Å². The highest BCUT2D eigenvalue weighted by molar-refractivity contribution is 7.88. The number of carbonyl (C=O) groups is 1. The van der Waals surface area contributed by atoms with Gasteiger partial charge in [0.15, 0.2) is 0 Å². The van der Waals surface area contributed by atoms with E-state index >= 15 is 0 Å². The number of amides is 1. The van der Waals surface area contributed by atoms with Crippen LogP contribution in [0.5, 0.6) is 5.75 Å². The van der Waals surface area contributed by atoms with E-state index in [4.69, 9.17) is 0 Å². The number of ether oxygens (including phenoxy) is 1. The number of halogens is 2. The summed E-state index contributed by atoms with van der Waals surface area (Å²) in [5.41, 5.74) is 0.897. The van der Waals surface area contributed by atoms with Gasteiger partial charge in [0.1, 0.15) is 5.75 Å². The van der Waals surface area contributed by atoms with Gasteiger partial charge in [-0.05, 0) is 24.1 Å². The van der Waals surface area contributed by atoms with Crippen molar-refractivity contribution >= 4 is 15.9 Å². The van der Waals surface area contributed by atoms with E-state index in [0.29, 0.717) is 39.1 Å². The summed E-state index contributed by atoms with van der Waals surface area (Å²) in [6, 6.07) is 6.28. The van der Waals surface area contributed by atoms with Crippen molar-refractivity contribution in [1.82, 2.24) is 14.5 Å². The molecule has 0 unspecified atom stereocenters. The number of piperazine rings is 1. The molecule has 1 aromatic carbocycles. The molecule has 0 aromatic heterocycles. The highest BCUT2D eigenvalue weighted by Gasteiger charge is 2.24. The Morgan fingerprint density at radius 2 is 1.81 bits per heavy atom. The molecule has 1 saturated heterocycles. The number of hydrogen-bond donors (Lipinski definition) is 1. The highest BCUT2D eigenvalue weighted by atomic mass is 32.2. The van der Waals surface area contributed by atoms with Gasteiger partial charge in [-0.25, -0.2) is 8.42 Å². The van der Waals surface area contributed by atoms with Gasteiger partial charge in [0, 0.05) is 32.7 Å². The van der Waals surface area contributed by atoms with E-state index in [1.54, 1.807) is 12.1 Å². The lowest BCUT2D eigenvalue weighted by Crippen LogP contribution is -2.50. The molecule has 1 aliphatic rings. The second-order valence-electron chi connectivity index (χ2n) is 6.06. The molecule has 1 aromatic rings. The zero-order valence-electron chi connectivity index (χ0n) is 14.5. The normalized spacial score (nSPS) is 16.6. The molecular formula is C16H23F2N3O4S. The van der Waals surface area contributed by atoms with Crippen molar-refractivity contribution < 1.29 is 26.7 Å². The molecule has 2 rings (SSSR count). The topological polar surface area (TPSA) is 79.0 Å². The van der Waals surface area contributed by atoms with Crippen molar-refractivity contribution in [2.75, 3.05) is 45.5 Å². The second-order valence-corrected chi connectivity index (χ2v) is 8.04. The zero-order valence-corrected chi connectivity index (χ0v) is 15.3. The summed E-state index contributed by atoms with van der Waals surface area (Å²) < 4.78 is 52.7. The number of benzene rings is 1. The molecule has 0 bridgehead atoms. The van der Waals surface area contributed by atoms with Crippen molar-refractivity contribution in [2.24, 2.45) is 0 Å². The van der Waals surface area contributed by atoms with Crippen LogP contribution in [0, 0.1) is 0 Å². The number of rotatable bonds is 8. The quantitative estimate of drug-likeness (QED) is 0.699. The predicted molar refractivity (Wildman–Crippen MR) is 92.6 cm³/mol. The predicted octanol–water partition coefficient (Wildman–Crippen LogP) is 0.524. The van der Waals surface area contributed by atoms with Crippen LogP contribution in [-0.4, -0.2) is 75.7 Å². The molecule has 26 heavy (non-hydrogen) atoms. The first kappa shape index (κ1) is 20.5. The lowest BCUT2D eigenvalue weighted by atomic mass is 10.1. The van der Waals surface area contributed by atoms with Crippen molar-refractivity contribution in [3.63, 3.8) is 0 Å². The Kier molecular flexibility index (Phi) is 7.30. The van der Waals surface area contributed by atoms with Gasteiger partial charge in [-0.2, -0.15) is 13.1 Å². The monoisotopic (exact) mass is 391 g/mol. The summed E-state index contributed by atoms with van der Waals surface area (Å²) in [4.78, 5) is 13.9. The van der Waals surface area contributed by atoms with Gasteiger partial charge in [0.2, 0.25) is 15.9 Å². The fraction of sp³-hybridized carbons (Fsp3) is 0.562. The highest BCUT2D eigenvalue weighted by Crippen LogP contribution is 2.15. The van der Waals surface area contributed by atoms with Gasteiger partial charge in [-0.1, -0.05) is 12.1 Å². The van der Waals surface area contributed by atoms with E-state index in [-0.39, 0.29) is 18.2 Å². The Morgan fingerprint density at radius 1 is 1.19 bits per heavy atom. The average Bonchev–Trinajstić information content (AvgIpc) is 2.55. The SMILES string of the molecule is CS(=O)(=O)N1CCN(CC(=O)NCCc2ccc(OC(F)F)cc2)CC1.